The third-order valence-corrected chi connectivity index (χ3v) is 4.28. The van der Waals surface area contributed by atoms with Crippen molar-refractivity contribution < 1.29 is 19.4 Å². The predicted octanol–water partition coefficient (Wildman–Crippen LogP) is 2.24. The van der Waals surface area contributed by atoms with Gasteiger partial charge in [0.05, 0.1) is 12.7 Å². The summed E-state index contributed by atoms with van der Waals surface area (Å²) in [6.45, 7) is 0. The molecule has 0 bridgehead atoms. The van der Waals surface area contributed by atoms with Gasteiger partial charge in [-0.2, -0.15) is 0 Å². The van der Waals surface area contributed by atoms with Crippen molar-refractivity contribution in [1.29, 1.82) is 0 Å². The van der Waals surface area contributed by atoms with Crippen LogP contribution in [0.1, 0.15) is 22.0 Å². The standard InChI is InChI=1S/C17H15ClN2O4/c1-24-11-8-6-10(7-9-11)15-14(18)17(23)20(15)19-16(22)12-4-2-3-5-13(12)21/h2-9,14-15,21H,1H3,(H,19,22)/t14-,15+/m1/s1. The van der Waals surface area contributed by atoms with Crippen LogP contribution in [0.2, 0.25) is 0 Å². The smallest absolute Gasteiger partial charge is 0.273 e. The number of methoxy groups -OCH3 is 1. The molecule has 1 aliphatic heterocycles. The predicted molar refractivity (Wildman–Crippen MR) is 87.8 cm³/mol. The van der Waals surface area contributed by atoms with E-state index < -0.39 is 23.2 Å². The molecular formula is C17H15ClN2O4. The second-order valence-electron chi connectivity index (χ2n) is 5.29. The number of nitrogens with zero attached hydrogens (tertiary/aromatic N) is 1. The zero-order chi connectivity index (χ0) is 17.3. The van der Waals surface area contributed by atoms with Gasteiger partial charge in [0, 0.05) is 0 Å². The number of ether oxygens (including phenoxy) is 1. The number of halogens is 1. The number of hydrazine groups is 1. The number of β-lactam (4-membered cyclic amide) rings is 1. The summed E-state index contributed by atoms with van der Waals surface area (Å²) in [5.41, 5.74) is 3.35. The van der Waals surface area contributed by atoms with Crippen molar-refractivity contribution in [1.82, 2.24) is 10.4 Å². The molecule has 24 heavy (non-hydrogen) atoms. The van der Waals surface area contributed by atoms with Crippen LogP contribution in [0.4, 0.5) is 0 Å². The highest BCUT2D eigenvalue weighted by Crippen LogP contribution is 2.37. The largest absolute Gasteiger partial charge is 0.507 e. The van der Waals surface area contributed by atoms with Crippen molar-refractivity contribution in [2.75, 3.05) is 7.11 Å². The van der Waals surface area contributed by atoms with Crippen molar-refractivity contribution in [3.05, 3.63) is 59.7 Å². The molecule has 3 rings (SSSR count). The SMILES string of the molecule is COc1ccc([C@H]2[C@@H](Cl)C(=O)N2NC(=O)c2ccccc2O)cc1. The molecule has 1 saturated heterocycles. The number of alkyl halides is 1. The summed E-state index contributed by atoms with van der Waals surface area (Å²) in [6, 6.07) is 12.7. The molecule has 2 aromatic rings. The van der Waals surface area contributed by atoms with Crippen LogP contribution in [0.25, 0.3) is 0 Å². The molecule has 1 heterocycles. The van der Waals surface area contributed by atoms with Gasteiger partial charge in [-0.25, -0.2) is 5.01 Å². The van der Waals surface area contributed by atoms with Crippen LogP contribution >= 0.6 is 11.6 Å². The highest BCUT2D eigenvalue weighted by molar-refractivity contribution is 6.33. The normalized spacial score (nSPS) is 19.6. The number of hydrogen-bond acceptors (Lipinski definition) is 4. The van der Waals surface area contributed by atoms with Crippen LogP contribution in [-0.2, 0) is 4.79 Å². The molecule has 0 unspecified atom stereocenters. The van der Waals surface area contributed by atoms with E-state index in [0.29, 0.717) is 5.75 Å². The Bertz CT molecular complexity index is 778. The van der Waals surface area contributed by atoms with E-state index in [0.717, 1.165) is 5.56 Å². The Morgan fingerprint density at radius 1 is 1.21 bits per heavy atom. The number of phenols is 1. The first kappa shape index (κ1) is 16.1. The summed E-state index contributed by atoms with van der Waals surface area (Å²) in [7, 11) is 1.56. The molecule has 1 aliphatic rings. The van der Waals surface area contributed by atoms with Crippen molar-refractivity contribution >= 4 is 23.4 Å². The third kappa shape index (κ3) is 2.76. The molecule has 0 aromatic heterocycles. The van der Waals surface area contributed by atoms with E-state index >= 15 is 0 Å². The Kier molecular flexibility index (Phi) is 4.31. The molecule has 2 amide bonds. The van der Waals surface area contributed by atoms with Gasteiger partial charge in [-0.05, 0) is 29.8 Å². The van der Waals surface area contributed by atoms with Gasteiger partial charge in [0.2, 0.25) is 0 Å². The number of benzene rings is 2. The molecule has 2 atom stereocenters. The molecule has 0 spiro atoms. The van der Waals surface area contributed by atoms with E-state index in [1.165, 1.54) is 17.1 Å². The van der Waals surface area contributed by atoms with Crippen molar-refractivity contribution in [3.63, 3.8) is 0 Å². The number of aromatic hydroxyl groups is 1. The highest BCUT2D eigenvalue weighted by atomic mass is 35.5. The average Bonchev–Trinajstić information content (AvgIpc) is 2.61. The number of carbonyl (C=O) groups excluding carboxylic acids is 2. The Hall–Kier alpha value is -2.73. The van der Waals surface area contributed by atoms with E-state index in [1.54, 1.807) is 43.5 Å². The third-order valence-electron chi connectivity index (χ3n) is 3.86. The van der Waals surface area contributed by atoms with Gasteiger partial charge in [-0.15, -0.1) is 11.6 Å². The Balaban J connectivity index is 1.79. The molecule has 1 fully saturated rings. The molecular weight excluding hydrogens is 332 g/mol. The molecule has 0 radical (unpaired) electrons. The van der Waals surface area contributed by atoms with Crippen LogP contribution in [0.15, 0.2) is 48.5 Å². The summed E-state index contributed by atoms with van der Waals surface area (Å²) in [4.78, 5) is 24.3. The maximum atomic E-state index is 12.3. The average molecular weight is 347 g/mol. The van der Waals surface area contributed by atoms with Gasteiger partial charge < -0.3 is 9.84 Å². The fourth-order valence-corrected chi connectivity index (χ4v) is 2.90. The van der Waals surface area contributed by atoms with Crippen LogP contribution in [0.5, 0.6) is 11.5 Å². The van der Waals surface area contributed by atoms with Gasteiger partial charge in [-0.1, -0.05) is 24.3 Å². The van der Waals surface area contributed by atoms with E-state index in [-0.39, 0.29) is 11.3 Å². The highest BCUT2D eigenvalue weighted by Gasteiger charge is 2.48. The molecule has 0 aliphatic carbocycles. The molecule has 2 aromatic carbocycles. The van der Waals surface area contributed by atoms with E-state index in [9.17, 15) is 14.7 Å². The minimum Gasteiger partial charge on any atom is -0.507 e. The molecule has 6 nitrogen and oxygen atoms in total. The Morgan fingerprint density at radius 2 is 1.88 bits per heavy atom. The lowest BCUT2D eigenvalue weighted by molar-refractivity contribution is -0.149. The minimum absolute atomic E-state index is 0.0804. The number of nitrogens with one attached hydrogen (secondary N) is 1. The lowest BCUT2D eigenvalue weighted by Crippen LogP contribution is -2.63. The van der Waals surface area contributed by atoms with Crippen molar-refractivity contribution in [3.8, 4) is 11.5 Å². The summed E-state index contributed by atoms with van der Waals surface area (Å²) < 4.78 is 5.10. The molecule has 124 valence electrons. The first-order valence-corrected chi connectivity index (χ1v) is 7.66. The summed E-state index contributed by atoms with van der Waals surface area (Å²) in [5.74, 6) is -0.462. The quantitative estimate of drug-likeness (QED) is 0.657. The minimum atomic E-state index is -0.761. The molecule has 2 N–H and O–H groups in total. The lowest BCUT2D eigenvalue weighted by atomic mass is 9.95. The first-order valence-electron chi connectivity index (χ1n) is 7.23. The van der Waals surface area contributed by atoms with E-state index in [1.807, 2.05) is 0 Å². The second kappa shape index (κ2) is 6.41. The first-order chi connectivity index (χ1) is 11.5. The number of amides is 2. The maximum absolute atomic E-state index is 12.3. The molecule has 7 heteroatoms. The number of rotatable bonds is 4. The van der Waals surface area contributed by atoms with Gasteiger partial charge in [0.15, 0.2) is 0 Å². The lowest BCUT2D eigenvalue weighted by Gasteiger charge is -2.43. The van der Waals surface area contributed by atoms with E-state index in [4.69, 9.17) is 16.3 Å². The van der Waals surface area contributed by atoms with Crippen molar-refractivity contribution in [2.24, 2.45) is 0 Å². The van der Waals surface area contributed by atoms with Crippen LogP contribution in [0, 0.1) is 0 Å². The van der Waals surface area contributed by atoms with Gasteiger partial charge in [0.1, 0.15) is 22.9 Å². The second-order valence-corrected chi connectivity index (χ2v) is 5.76. The summed E-state index contributed by atoms with van der Waals surface area (Å²) >= 11 is 6.11. The van der Waals surface area contributed by atoms with Gasteiger partial charge in [-0.3, -0.25) is 15.0 Å². The Labute approximate surface area is 143 Å². The fourth-order valence-electron chi connectivity index (χ4n) is 2.53. The van der Waals surface area contributed by atoms with Gasteiger partial charge in [0.25, 0.3) is 11.8 Å². The van der Waals surface area contributed by atoms with Crippen LogP contribution in [-0.4, -0.2) is 34.4 Å². The fraction of sp³-hybridized carbons (Fsp3) is 0.176. The van der Waals surface area contributed by atoms with Crippen LogP contribution < -0.4 is 10.2 Å². The monoisotopic (exact) mass is 346 g/mol. The number of para-hydroxylation sites is 1. The zero-order valence-electron chi connectivity index (χ0n) is 12.8. The number of carbonyl (C=O) groups is 2. The van der Waals surface area contributed by atoms with Crippen LogP contribution in [0.3, 0.4) is 0 Å². The van der Waals surface area contributed by atoms with Gasteiger partial charge >= 0.3 is 0 Å². The summed E-state index contributed by atoms with van der Waals surface area (Å²) in [6.07, 6.45) is 0. The summed E-state index contributed by atoms with van der Waals surface area (Å²) in [5, 5.41) is 10.2. The topological polar surface area (TPSA) is 78.9 Å². The van der Waals surface area contributed by atoms with E-state index in [2.05, 4.69) is 5.43 Å². The molecule has 0 saturated carbocycles. The Morgan fingerprint density at radius 3 is 2.50 bits per heavy atom. The zero-order valence-corrected chi connectivity index (χ0v) is 13.5. The van der Waals surface area contributed by atoms with Crippen molar-refractivity contribution in [2.45, 2.75) is 11.4 Å². The number of phenolic OH excluding ortho intramolecular Hbond substituents is 1. The maximum Gasteiger partial charge on any atom is 0.273 e. The number of hydrogen-bond donors (Lipinski definition) is 2.